The number of fused-ring (bicyclic) bond motifs is 1. The van der Waals surface area contributed by atoms with Crippen molar-refractivity contribution < 1.29 is 4.74 Å². The van der Waals surface area contributed by atoms with Crippen molar-refractivity contribution in [1.29, 1.82) is 0 Å². The predicted molar refractivity (Wildman–Crippen MR) is 67.6 cm³/mol. The van der Waals surface area contributed by atoms with E-state index in [1.807, 2.05) is 0 Å². The maximum atomic E-state index is 5.99. The van der Waals surface area contributed by atoms with Crippen molar-refractivity contribution in [2.75, 3.05) is 13.1 Å². The van der Waals surface area contributed by atoms with Gasteiger partial charge in [0.1, 0.15) is 11.9 Å². The highest BCUT2D eigenvalue weighted by atomic mass is 35.5. The van der Waals surface area contributed by atoms with Gasteiger partial charge in [0.05, 0.1) is 0 Å². The largest absolute Gasteiger partial charge is 0.487 e. The molecule has 1 aliphatic heterocycles. The van der Waals surface area contributed by atoms with Gasteiger partial charge in [0, 0.05) is 13.1 Å². The average molecular weight is 240 g/mol. The molecule has 0 spiro atoms. The van der Waals surface area contributed by atoms with Crippen LogP contribution in [0.1, 0.15) is 24.0 Å². The van der Waals surface area contributed by atoms with Crippen LogP contribution < -0.4 is 10.1 Å². The summed E-state index contributed by atoms with van der Waals surface area (Å²) < 4.78 is 5.99. The van der Waals surface area contributed by atoms with Crippen LogP contribution in [0, 0.1) is 0 Å². The molecule has 16 heavy (non-hydrogen) atoms. The van der Waals surface area contributed by atoms with E-state index in [9.17, 15) is 0 Å². The van der Waals surface area contributed by atoms with Crippen LogP contribution in [0.25, 0.3) is 0 Å². The normalized spacial score (nSPS) is 19.2. The molecule has 1 saturated heterocycles. The summed E-state index contributed by atoms with van der Waals surface area (Å²) in [5.41, 5.74) is 2.97. The standard InChI is InChI=1S/C13H17NO.ClH/c1-2-6-12-10(4-1)5-3-7-13(12)15-11-8-14-9-11;/h3,5,7,11,14H,1-2,4,6,8-9H2;1H. The van der Waals surface area contributed by atoms with E-state index in [1.165, 1.54) is 36.8 Å². The van der Waals surface area contributed by atoms with Crippen molar-refractivity contribution in [3.8, 4) is 5.75 Å². The van der Waals surface area contributed by atoms with Crippen molar-refractivity contribution in [3.63, 3.8) is 0 Å². The maximum Gasteiger partial charge on any atom is 0.123 e. The topological polar surface area (TPSA) is 21.3 Å². The van der Waals surface area contributed by atoms with Crippen LogP contribution in [-0.2, 0) is 12.8 Å². The second kappa shape index (κ2) is 5.07. The first-order valence-electron chi connectivity index (χ1n) is 5.91. The molecule has 0 bridgehead atoms. The minimum absolute atomic E-state index is 0. The van der Waals surface area contributed by atoms with E-state index < -0.39 is 0 Å². The van der Waals surface area contributed by atoms with Gasteiger partial charge in [-0.1, -0.05) is 12.1 Å². The Bertz CT molecular complexity index is 363. The minimum atomic E-state index is 0. The van der Waals surface area contributed by atoms with Gasteiger partial charge < -0.3 is 10.1 Å². The summed E-state index contributed by atoms with van der Waals surface area (Å²) in [6.45, 7) is 2.01. The van der Waals surface area contributed by atoms with Crippen LogP contribution in [0.15, 0.2) is 18.2 Å². The smallest absolute Gasteiger partial charge is 0.123 e. The fraction of sp³-hybridized carbons (Fsp3) is 0.538. The molecule has 3 rings (SSSR count). The van der Waals surface area contributed by atoms with Crippen molar-refractivity contribution in [1.82, 2.24) is 5.32 Å². The van der Waals surface area contributed by atoms with Gasteiger partial charge in [-0.15, -0.1) is 12.4 Å². The molecule has 0 atom stereocenters. The maximum absolute atomic E-state index is 5.99. The molecule has 0 radical (unpaired) electrons. The lowest BCUT2D eigenvalue weighted by Gasteiger charge is -2.30. The van der Waals surface area contributed by atoms with E-state index >= 15 is 0 Å². The Kier molecular flexibility index (Phi) is 3.72. The van der Waals surface area contributed by atoms with Crippen LogP contribution >= 0.6 is 12.4 Å². The van der Waals surface area contributed by atoms with Gasteiger partial charge >= 0.3 is 0 Å². The third kappa shape index (κ3) is 2.18. The Morgan fingerprint density at radius 1 is 1.12 bits per heavy atom. The zero-order valence-electron chi connectivity index (χ0n) is 9.37. The summed E-state index contributed by atoms with van der Waals surface area (Å²) in [6.07, 6.45) is 5.48. The minimum Gasteiger partial charge on any atom is -0.487 e. The molecule has 2 aliphatic rings. The first-order valence-corrected chi connectivity index (χ1v) is 5.91. The molecule has 0 amide bonds. The molecule has 1 aromatic carbocycles. The third-order valence-electron chi connectivity index (χ3n) is 3.39. The number of rotatable bonds is 2. The van der Waals surface area contributed by atoms with Crippen molar-refractivity contribution in [2.24, 2.45) is 0 Å². The molecule has 1 aromatic rings. The summed E-state index contributed by atoms with van der Waals surface area (Å²) in [4.78, 5) is 0. The SMILES string of the molecule is Cl.c1cc2c(c(OC3CNC3)c1)CCCC2. The molecular formula is C13H18ClNO. The third-order valence-corrected chi connectivity index (χ3v) is 3.39. The van der Waals surface area contributed by atoms with Crippen LogP contribution in [0.2, 0.25) is 0 Å². The molecule has 3 heteroatoms. The van der Waals surface area contributed by atoms with Crippen LogP contribution in [0.5, 0.6) is 5.75 Å². The monoisotopic (exact) mass is 239 g/mol. The summed E-state index contributed by atoms with van der Waals surface area (Å²) in [7, 11) is 0. The first-order chi connectivity index (χ1) is 7.43. The van der Waals surface area contributed by atoms with Crippen molar-refractivity contribution in [2.45, 2.75) is 31.8 Å². The summed E-state index contributed by atoms with van der Waals surface area (Å²) in [5, 5.41) is 3.24. The van der Waals surface area contributed by atoms with E-state index in [1.54, 1.807) is 0 Å². The van der Waals surface area contributed by atoms with E-state index in [0.717, 1.165) is 18.8 Å². The van der Waals surface area contributed by atoms with E-state index in [0.29, 0.717) is 6.10 Å². The second-order valence-corrected chi connectivity index (χ2v) is 4.50. The number of aryl methyl sites for hydroxylation is 1. The molecule has 1 heterocycles. The highest BCUT2D eigenvalue weighted by molar-refractivity contribution is 5.85. The summed E-state index contributed by atoms with van der Waals surface area (Å²) in [5.74, 6) is 1.14. The Labute approximate surface area is 103 Å². The number of hydrogen-bond donors (Lipinski definition) is 1. The highest BCUT2D eigenvalue weighted by Crippen LogP contribution is 2.30. The van der Waals surface area contributed by atoms with Gasteiger partial charge in [0.15, 0.2) is 0 Å². The van der Waals surface area contributed by atoms with Gasteiger partial charge in [-0.3, -0.25) is 0 Å². The molecule has 1 aliphatic carbocycles. The van der Waals surface area contributed by atoms with Gasteiger partial charge in [-0.2, -0.15) is 0 Å². The van der Waals surface area contributed by atoms with Gasteiger partial charge in [0.25, 0.3) is 0 Å². The lowest BCUT2D eigenvalue weighted by atomic mass is 9.91. The van der Waals surface area contributed by atoms with Gasteiger partial charge in [-0.25, -0.2) is 0 Å². The van der Waals surface area contributed by atoms with E-state index in [4.69, 9.17) is 4.74 Å². The lowest BCUT2D eigenvalue weighted by molar-refractivity contribution is 0.140. The number of nitrogens with one attached hydrogen (secondary N) is 1. The molecule has 0 aromatic heterocycles. The number of halogens is 1. The van der Waals surface area contributed by atoms with Crippen LogP contribution in [-0.4, -0.2) is 19.2 Å². The molecule has 1 N–H and O–H groups in total. The average Bonchev–Trinajstić information content (AvgIpc) is 2.23. The van der Waals surface area contributed by atoms with Gasteiger partial charge in [0.2, 0.25) is 0 Å². The molecule has 0 unspecified atom stereocenters. The Hall–Kier alpha value is -0.730. The number of hydrogen-bond acceptors (Lipinski definition) is 2. The molecule has 1 fully saturated rings. The zero-order chi connectivity index (χ0) is 10.1. The quantitative estimate of drug-likeness (QED) is 0.856. The number of benzene rings is 1. The molecule has 0 saturated carbocycles. The van der Waals surface area contributed by atoms with Crippen molar-refractivity contribution >= 4 is 12.4 Å². The lowest BCUT2D eigenvalue weighted by Crippen LogP contribution is -2.50. The zero-order valence-corrected chi connectivity index (χ0v) is 10.2. The Balaban J connectivity index is 0.000000963. The van der Waals surface area contributed by atoms with Gasteiger partial charge in [-0.05, 0) is 42.9 Å². The van der Waals surface area contributed by atoms with E-state index in [2.05, 4.69) is 23.5 Å². The van der Waals surface area contributed by atoms with Crippen LogP contribution in [0.4, 0.5) is 0 Å². The van der Waals surface area contributed by atoms with Crippen LogP contribution in [0.3, 0.4) is 0 Å². The van der Waals surface area contributed by atoms with E-state index in [-0.39, 0.29) is 12.4 Å². The molecule has 88 valence electrons. The predicted octanol–water partition coefficient (Wildman–Crippen LogP) is 2.34. The van der Waals surface area contributed by atoms with Crippen molar-refractivity contribution in [3.05, 3.63) is 29.3 Å². The fourth-order valence-corrected chi connectivity index (χ4v) is 2.38. The molecular weight excluding hydrogens is 222 g/mol. The first kappa shape index (κ1) is 11.7. The summed E-state index contributed by atoms with van der Waals surface area (Å²) >= 11 is 0. The Morgan fingerprint density at radius 3 is 2.69 bits per heavy atom. The fourth-order valence-electron chi connectivity index (χ4n) is 2.38. The highest BCUT2D eigenvalue weighted by Gasteiger charge is 2.21. The Morgan fingerprint density at radius 2 is 1.94 bits per heavy atom. The molecule has 2 nitrogen and oxygen atoms in total. The summed E-state index contributed by atoms with van der Waals surface area (Å²) in [6, 6.07) is 6.51. The number of ether oxygens (including phenoxy) is 1. The second-order valence-electron chi connectivity index (χ2n) is 4.50.